The first-order valence-electron chi connectivity index (χ1n) is 7.79. The summed E-state index contributed by atoms with van der Waals surface area (Å²) in [6, 6.07) is 9.76. The highest BCUT2D eigenvalue weighted by molar-refractivity contribution is 9.10. The minimum atomic E-state index is -0.124. The van der Waals surface area contributed by atoms with Crippen LogP contribution in [0.1, 0.15) is 42.0 Å². The third-order valence-corrected chi connectivity index (χ3v) is 4.41. The molecule has 0 atom stereocenters. The fraction of sp³-hybridized carbons (Fsp3) is 0.353. The van der Waals surface area contributed by atoms with Crippen LogP contribution in [0, 0.1) is 6.92 Å². The van der Waals surface area contributed by atoms with Crippen molar-refractivity contribution in [2.24, 2.45) is 0 Å². The molecule has 1 heterocycles. The number of hydrogen-bond acceptors (Lipinski definition) is 4. The molecule has 0 radical (unpaired) electrons. The standard InChI is InChI=1S/C17H19BrN4O/c1-11-19-15(17(23)22-13-4-2-3-5-13)10-16(20-11)21-14-8-6-12(18)7-9-14/h6-10,13H,2-5H2,1H3,(H,22,23)(H,19,20,21). The lowest BCUT2D eigenvalue weighted by atomic mass is 10.2. The van der Waals surface area contributed by atoms with E-state index in [1.54, 1.807) is 13.0 Å². The first-order chi connectivity index (χ1) is 11.1. The van der Waals surface area contributed by atoms with Gasteiger partial charge >= 0.3 is 0 Å². The molecule has 1 aromatic heterocycles. The van der Waals surface area contributed by atoms with Gasteiger partial charge in [0.2, 0.25) is 0 Å². The lowest BCUT2D eigenvalue weighted by molar-refractivity contribution is 0.0932. The number of aryl methyl sites for hydroxylation is 1. The Hall–Kier alpha value is -1.95. The van der Waals surface area contributed by atoms with Crippen LogP contribution in [0.3, 0.4) is 0 Å². The third-order valence-electron chi connectivity index (χ3n) is 3.88. The molecule has 1 aliphatic carbocycles. The number of amides is 1. The number of nitrogens with one attached hydrogen (secondary N) is 2. The number of rotatable bonds is 4. The average Bonchev–Trinajstić information content (AvgIpc) is 3.02. The van der Waals surface area contributed by atoms with E-state index < -0.39 is 0 Å². The van der Waals surface area contributed by atoms with Gasteiger partial charge in [0.15, 0.2) is 0 Å². The van der Waals surface area contributed by atoms with Crippen LogP contribution in [-0.4, -0.2) is 21.9 Å². The molecule has 0 spiro atoms. The minimum absolute atomic E-state index is 0.124. The summed E-state index contributed by atoms with van der Waals surface area (Å²) in [6.07, 6.45) is 4.48. The SMILES string of the molecule is Cc1nc(Nc2ccc(Br)cc2)cc(C(=O)NC2CCCC2)n1. The third kappa shape index (κ3) is 4.28. The number of benzene rings is 1. The molecule has 2 aromatic rings. The summed E-state index contributed by atoms with van der Waals surface area (Å²) in [4.78, 5) is 21.0. The smallest absolute Gasteiger partial charge is 0.270 e. The highest BCUT2D eigenvalue weighted by atomic mass is 79.9. The van der Waals surface area contributed by atoms with Gasteiger partial charge in [0.05, 0.1) is 0 Å². The predicted octanol–water partition coefficient (Wildman–Crippen LogP) is 3.96. The maximum atomic E-state index is 12.4. The highest BCUT2D eigenvalue weighted by Gasteiger charge is 2.19. The van der Waals surface area contributed by atoms with Crippen LogP contribution in [-0.2, 0) is 0 Å². The van der Waals surface area contributed by atoms with Gasteiger partial charge in [0.25, 0.3) is 5.91 Å². The number of halogens is 1. The Morgan fingerprint density at radius 3 is 2.57 bits per heavy atom. The van der Waals surface area contributed by atoms with E-state index in [0.717, 1.165) is 23.0 Å². The molecule has 6 heteroatoms. The van der Waals surface area contributed by atoms with Crippen molar-refractivity contribution in [3.63, 3.8) is 0 Å². The van der Waals surface area contributed by atoms with Gasteiger partial charge in [0, 0.05) is 22.3 Å². The Bertz CT molecular complexity index is 696. The molecule has 1 amide bonds. The van der Waals surface area contributed by atoms with Crippen LogP contribution < -0.4 is 10.6 Å². The van der Waals surface area contributed by atoms with Crippen molar-refractivity contribution in [2.45, 2.75) is 38.6 Å². The number of aromatic nitrogens is 2. The van der Waals surface area contributed by atoms with Gasteiger partial charge in [-0.1, -0.05) is 28.8 Å². The van der Waals surface area contributed by atoms with E-state index in [1.165, 1.54) is 12.8 Å². The fourth-order valence-electron chi connectivity index (χ4n) is 2.76. The van der Waals surface area contributed by atoms with Crippen molar-refractivity contribution in [1.82, 2.24) is 15.3 Å². The topological polar surface area (TPSA) is 66.9 Å². The maximum absolute atomic E-state index is 12.4. The Morgan fingerprint density at radius 1 is 1.17 bits per heavy atom. The Balaban J connectivity index is 1.75. The first kappa shape index (κ1) is 15.9. The first-order valence-corrected chi connectivity index (χ1v) is 8.58. The summed E-state index contributed by atoms with van der Waals surface area (Å²) in [6.45, 7) is 1.79. The van der Waals surface area contributed by atoms with Gasteiger partial charge in [-0.3, -0.25) is 4.79 Å². The summed E-state index contributed by atoms with van der Waals surface area (Å²) in [5.41, 5.74) is 1.32. The van der Waals surface area contributed by atoms with Gasteiger partial charge in [-0.2, -0.15) is 0 Å². The minimum Gasteiger partial charge on any atom is -0.348 e. The summed E-state index contributed by atoms with van der Waals surface area (Å²) in [5.74, 6) is 1.07. The van der Waals surface area contributed by atoms with E-state index in [-0.39, 0.29) is 11.9 Å². The van der Waals surface area contributed by atoms with Crippen molar-refractivity contribution in [3.8, 4) is 0 Å². The molecule has 0 bridgehead atoms. The largest absolute Gasteiger partial charge is 0.348 e. The van der Waals surface area contributed by atoms with Crippen LogP contribution >= 0.6 is 15.9 Å². The van der Waals surface area contributed by atoms with E-state index in [2.05, 4.69) is 36.5 Å². The molecular formula is C17H19BrN4O. The molecule has 2 N–H and O–H groups in total. The van der Waals surface area contributed by atoms with Crippen LogP contribution in [0.2, 0.25) is 0 Å². The van der Waals surface area contributed by atoms with Gasteiger partial charge < -0.3 is 10.6 Å². The zero-order valence-corrected chi connectivity index (χ0v) is 14.6. The van der Waals surface area contributed by atoms with E-state index in [0.29, 0.717) is 17.3 Å². The fourth-order valence-corrected chi connectivity index (χ4v) is 3.02. The van der Waals surface area contributed by atoms with Crippen molar-refractivity contribution >= 4 is 33.3 Å². The molecule has 23 heavy (non-hydrogen) atoms. The van der Waals surface area contributed by atoms with Crippen LogP contribution in [0.25, 0.3) is 0 Å². The molecule has 1 saturated carbocycles. The second kappa shape index (κ2) is 7.08. The van der Waals surface area contributed by atoms with E-state index >= 15 is 0 Å². The Morgan fingerprint density at radius 2 is 1.87 bits per heavy atom. The molecule has 0 unspecified atom stereocenters. The maximum Gasteiger partial charge on any atom is 0.270 e. The zero-order valence-electron chi connectivity index (χ0n) is 13.0. The monoisotopic (exact) mass is 374 g/mol. The quantitative estimate of drug-likeness (QED) is 0.849. The van der Waals surface area contributed by atoms with E-state index in [4.69, 9.17) is 0 Å². The summed E-state index contributed by atoms with van der Waals surface area (Å²) in [5, 5.41) is 6.27. The van der Waals surface area contributed by atoms with Crippen LogP contribution in [0.5, 0.6) is 0 Å². The number of nitrogens with zero attached hydrogens (tertiary/aromatic N) is 2. The van der Waals surface area contributed by atoms with Gasteiger partial charge in [-0.05, 0) is 44.0 Å². The Labute approximate surface area is 144 Å². The summed E-state index contributed by atoms with van der Waals surface area (Å²) >= 11 is 3.41. The number of hydrogen-bond donors (Lipinski definition) is 2. The van der Waals surface area contributed by atoms with Gasteiger partial charge in [0.1, 0.15) is 17.3 Å². The predicted molar refractivity (Wildman–Crippen MR) is 93.9 cm³/mol. The van der Waals surface area contributed by atoms with Crippen LogP contribution in [0.4, 0.5) is 11.5 Å². The lowest BCUT2D eigenvalue weighted by Crippen LogP contribution is -2.33. The summed E-state index contributed by atoms with van der Waals surface area (Å²) < 4.78 is 1.01. The molecule has 120 valence electrons. The van der Waals surface area contributed by atoms with Crippen molar-refractivity contribution in [2.75, 3.05) is 5.32 Å². The Kier molecular flexibility index (Phi) is 4.91. The second-order valence-corrected chi connectivity index (χ2v) is 6.69. The average molecular weight is 375 g/mol. The molecule has 3 rings (SSSR count). The summed E-state index contributed by atoms with van der Waals surface area (Å²) in [7, 11) is 0. The number of carbonyl (C=O) groups excluding carboxylic acids is 1. The lowest BCUT2D eigenvalue weighted by Gasteiger charge is -2.13. The molecule has 0 aliphatic heterocycles. The number of anilines is 2. The zero-order chi connectivity index (χ0) is 16.2. The highest BCUT2D eigenvalue weighted by Crippen LogP contribution is 2.20. The van der Waals surface area contributed by atoms with Crippen molar-refractivity contribution < 1.29 is 4.79 Å². The molecule has 0 saturated heterocycles. The molecule has 1 aliphatic rings. The molecule has 1 fully saturated rings. The van der Waals surface area contributed by atoms with Crippen LogP contribution in [0.15, 0.2) is 34.8 Å². The van der Waals surface area contributed by atoms with Gasteiger partial charge in [-0.15, -0.1) is 0 Å². The molecule has 5 nitrogen and oxygen atoms in total. The van der Waals surface area contributed by atoms with E-state index in [1.807, 2.05) is 24.3 Å². The molecular weight excluding hydrogens is 356 g/mol. The van der Waals surface area contributed by atoms with Gasteiger partial charge in [-0.25, -0.2) is 9.97 Å². The second-order valence-electron chi connectivity index (χ2n) is 5.77. The number of carbonyl (C=O) groups is 1. The normalized spacial score (nSPS) is 14.7. The van der Waals surface area contributed by atoms with Crippen molar-refractivity contribution in [1.29, 1.82) is 0 Å². The molecule has 1 aromatic carbocycles. The van der Waals surface area contributed by atoms with Crippen molar-refractivity contribution in [3.05, 3.63) is 46.3 Å². The van der Waals surface area contributed by atoms with E-state index in [9.17, 15) is 4.79 Å².